The molecule has 0 aromatic heterocycles. The topological polar surface area (TPSA) is 98.2 Å². The van der Waals surface area contributed by atoms with Gasteiger partial charge in [0.2, 0.25) is 5.91 Å². The van der Waals surface area contributed by atoms with Gasteiger partial charge < -0.3 is 25.8 Å². The molecule has 9 heteroatoms. The van der Waals surface area contributed by atoms with E-state index in [-0.39, 0.29) is 29.9 Å². The highest BCUT2D eigenvalue weighted by atomic mass is 127. The van der Waals surface area contributed by atoms with Crippen molar-refractivity contribution in [3.05, 3.63) is 0 Å². The molecular formula is C17H36IN5O3. The zero-order valence-corrected chi connectivity index (χ0v) is 18.7. The monoisotopic (exact) mass is 485 g/mol. The van der Waals surface area contributed by atoms with Crippen LogP contribution in [0, 0.1) is 0 Å². The maximum atomic E-state index is 11.6. The minimum Gasteiger partial charge on any atom is -0.387 e. The van der Waals surface area contributed by atoms with Crippen LogP contribution in [0.25, 0.3) is 0 Å². The quantitative estimate of drug-likeness (QED) is 0.200. The summed E-state index contributed by atoms with van der Waals surface area (Å²) in [5, 5.41) is 19.7. The zero-order valence-electron chi connectivity index (χ0n) is 16.3. The second kappa shape index (κ2) is 14.4. The number of ether oxygens (including phenoxy) is 1. The van der Waals surface area contributed by atoms with Crippen LogP contribution >= 0.6 is 24.0 Å². The number of halogens is 1. The number of rotatable bonds is 10. The van der Waals surface area contributed by atoms with Crippen molar-refractivity contribution in [3.63, 3.8) is 0 Å². The van der Waals surface area contributed by atoms with Crippen molar-refractivity contribution in [2.24, 2.45) is 4.99 Å². The lowest BCUT2D eigenvalue weighted by Gasteiger charge is -2.33. The van der Waals surface area contributed by atoms with Crippen LogP contribution in [0.4, 0.5) is 0 Å². The van der Waals surface area contributed by atoms with Crippen molar-refractivity contribution in [2.75, 3.05) is 59.0 Å². The van der Waals surface area contributed by atoms with E-state index in [0.717, 1.165) is 26.1 Å². The Kier molecular flexibility index (Phi) is 14.1. The van der Waals surface area contributed by atoms with Crippen LogP contribution < -0.4 is 16.0 Å². The van der Waals surface area contributed by atoms with Gasteiger partial charge in [0.05, 0.1) is 25.4 Å². The van der Waals surface area contributed by atoms with Crippen molar-refractivity contribution in [3.8, 4) is 0 Å². The highest BCUT2D eigenvalue weighted by Gasteiger charge is 2.25. The number of hydrogen-bond acceptors (Lipinski definition) is 5. The van der Waals surface area contributed by atoms with Crippen LogP contribution in [0.3, 0.4) is 0 Å². The van der Waals surface area contributed by atoms with Crippen LogP contribution in [0.1, 0.15) is 33.6 Å². The van der Waals surface area contributed by atoms with Crippen molar-refractivity contribution in [2.45, 2.75) is 39.2 Å². The molecule has 0 aliphatic carbocycles. The Hall–Kier alpha value is -0.650. The smallest absolute Gasteiger partial charge is 0.221 e. The third kappa shape index (κ3) is 11.9. The van der Waals surface area contributed by atoms with E-state index in [4.69, 9.17) is 4.74 Å². The second-order valence-corrected chi connectivity index (χ2v) is 6.61. The van der Waals surface area contributed by atoms with Gasteiger partial charge in [-0.05, 0) is 20.3 Å². The Morgan fingerprint density at radius 1 is 1.19 bits per heavy atom. The fourth-order valence-corrected chi connectivity index (χ4v) is 2.53. The predicted molar refractivity (Wildman–Crippen MR) is 115 cm³/mol. The summed E-state index contributed by atoms with van der Waals surface area (Å²) in [4.78, 5) is 18.3. The summed E-state index contributed by atoms with van der Waals surface area (Å²) in [6.07, 6.45) is 1.33. The van der Waals surface area contributed by atoms with Crippen LogP contribution in [-0.4, -0.2) is 86.5 Å². The molecular weight excluding hydrogens is 449 g/mol. The maximum absolute atomic E-state index is 11.6. The maximum Gasteiger partial charge on any atom is 0.221 e. The molecule has 1 rings (SSSR count). The third-order valence-corrected chi connectivity index (χ3v) is 3.81. The SMILES string of the molecule is CCCNC(=O)CCNC(=NCC(C)(O)CN1CCOCC1)NCC.I. The second-order valence-electron chi connectivity index (χ2n) is 6.61. The molecule has 1 saturated heterocycles. The first-order valence-electron chi connectivity index (χ1n) is 9.28. The predicted octanol–water partition coefficient (Wildman–Crippen LogP) is 0.159. The van der Waals surface area contributed by atoms with Crippen molar-refractivity contribution in [1.29, 1.82) is 0 Å². The highest BCUT2D eigenvalue weighted by Crippen LogP contribution is 2.09. The molecule has 4 N–H and O–H groups in total. The average Bonchev–Trinajstić information content (AvgIpc) is 2.58. The normalized spacial score (nSPS) is 17.8. The molecule has 1 fully saturated rings. The number of guanidine groups is 1. The number of hydrogen-bond donors (Lipinski definition) is 4. The number of aliphatic imine (C=N–C) groups is 1. The first-order valence-corrected chi connectivity index (χ1v) is 9.28. The van der Waals surface area contributed by atoms with Crippen LogP contribution in [0.2, 0.25) is 0 Å². The van der Waals surface area contributed by atoms with E-state index in [1.54, 1.807) is 6.92 Å². The van der Waals surface area contributed by atoms with E-state index in [9.17, 15) is 9.90 Å². The number of carbonyl (C=O) groups is 1. The Morgan fingerprint density at radius 3 is 2.50 bits per heavy atom. The first-order chi connectivity index (χ1) is 12.0. The summed E-state index contributed by atoms with van der Waals surface area (Å²) < 4.78 is 5.33. The molecule has 8 nitrogen and oxygen atoms in total. The minimum atomic E-state index is -0.905. The van der Waals surface area contributed by atoms with E-state index < -0.39 is 5.60 Å². The summed E-state index contributed by atoms with van der Waals surface area (Å²) in [6, 6.07) is 0. The summed E-state index contributed by atoms with van der Waals surface area (Å²) in [7, 11) is 0. The average molecular weight is 485 g/mol. The summed E-state index contributed by atoms with van der Waals surface area (Å²) in [5.41, 5.74) is -0.905. The summed E-state index contributed by atoms with van der Waals surface area (Å²) in [6.45, 7) is 11.7. The van der Waals surface area contributed by atoms with Gasteiger partial charge in [0, 0.05) is 45.7 Å². The third-order valence-electron chi connectivity index (χ3n) is 3.81. The molecule has 0 aromatic rings. The molecule has 0 saturated carbocycles. The fraction of sp³-hybridized carbons (Fsp3) is 0.882. The molecule has 0 radical (unpaired) electrons. The van der Waals surface area contributed by atoms with Crippen molar-refractivity contribution in [1.82, 2.24) is 20.9 Å². The number of aliphatic hydroxyl groups is 1. The number of nitrogens with zero attached hydrogens (tertiary/aromatic N) is 2. The van der Waals surface area contributed by atoms with E-state index in [1.165, 1.54) is 0 Å². The molecule has 26 heavy (non-hydrogen) atoms. The lowest BCUT2D eigenvalue weighted by atomic mass is 10.1. The Balaban J connectivity index is 0.00000625. The van der Waals surface area contributed by atoms with Gasteiger partial charge >= 0.3 is 0 Å². The van der Waals surface area contributed by atoms with Gasteiger partial charge in [-0.1, -0.05) is 6.92 Å². The molecule has 0 bridgehead atoms. The number of carbonyl (C=O) groups excluding carboxylic acids is 1. The van der Waals surface area contributed by atoms with E-state index in [0.29, 0.717) is 51.8 Å². The van der Waals surface area contributed by atoms with Crippen LogP contribution in [0.5, 0.6) is 0 Å². The zero-order chi connectivity index (χ0) is 18.5. The molecule has 1 unspecified atom stereocenters. The number of amides is 1. The molecule has 1 aliphatic rings. The standard InChI is InChI=1S/C17H35N5O3.HI/c1-4-7-19-15(23)6-8-20-16(18-5-2)21-13-17(3,24)14-22-9-11-25-12-10-22;/h24H,4-14H2,1-3H3,(H,19,23)(H2,18,20,21);1H. The molecule has 1 heterocycles. The molecule has 0 aromatic carbocycles. The largest absolute Gasteiger partial charge is 0.387 e. The summed E-state index contributed by atoms with van der Waals surface area (Å²) >= 11 is 0. The highest BCUT2D eigenvalue weighted by molar-refractivity contribution is 14.0. The van der Waals surface area contributed by atoms with Gasteiger partial charge in [0.15, 0.2) is 5.96 Å². The summed E-state index contributed by atoms with van der Waals surface area (Å²) in [5.74, 6) is 0.651. The van der Waals surface area contributed by atoms with E-state index >= 15 is 0 Å². The number of morpholine rings is 1. The first kappa shape index (κ1) is 25.4. The van der Waals surface area contributed by atoms with E-state index in [1.807, 2.05) is 13.8 Å². The molecule has 1 amide bonds. The number of nitrogens with one attached hydrogen (secondary N) is 3. The van der Waals surface area contributed by atoms with Crippen LogP contribution in [0.15, 0.2) is 4.99 Å². The molecule has 1 atom stereocenters. The Labute approximate surface area is 174 Å². The lowest BCUT2D eigenvalue weighted by molar-refractivity contribution is -0.120. The molecule has 1 aliphatic heterocycles. The van der Waals surface area contributed by atoms with Crippen molar-refractivity contribution >= 4 is 35.8 Å². The fourth-order valence-electron chi connectivity index (χ4n) is 2.53. The van der Waals surface area contributed by atoms with Crippen LogP contribution in [-0.2, 0) is 9.53 Å². The number of β-amino-alcohol motifs (C(OH)–C–C–N with tert-alkyl or cyclic N) is 1. The Morgan fingerprint density at radius 2 is 1.88 bits per heavy atom. The Bertz CT molecular complexity index is 415. The van der Waals surface area contributed by atoms with Gasteiger partial charge in [0.25, 0.3) is 0 Å². The van der Waals surface area contributed by atoms with Gasteiger partial charge in [-0.15, -0.1) is 24.0 Å². The van der Waals surface area contributed by atoms with Gasteiger partial charge in [-0.3, -0.25) is 14.7 Å². The van der Waals surface area contributed by atoms with Crippen molar-refractivity contribution < 1.29 is 14.6 Å². The molecule has 0 spiro atoms. The lowest BCUT2D eigenvalue weighted by Crippen LogP contribution is -2.48. The van der Waals surface area contributed by atoms with Gasteiger partial charge in [-0.2, -0.15) is 0 Å². The van der Waals surface area contributed by atoms with Gasteiger partial charge in [-0.25, -0.2) is 0 Å². The molecule has 154 valence electrons. The minimum absolute atomic E-state index is 0. The van der Waals surface area contributed by atoms with Gasteiger partial charge in [0.1, 0.15) is 0 Å². The van der Waals surface area contributed by atoms with E-state index in [2.05, 4.69) is 25.8 Å².